The molecule has 0 aromatic carbocycles. The molecule has 1 saturated heterocycles. The third-order valence-electron chi connectivity index (χ3n) is 3.99. The van der Waals surface area contributed by atoms with Gasteiger partial charge in [-0.2, -0.15) is 0 Å². The van der Waals surface area contributed by atoms with E-state index in [1.165, 1.54) is 0 Å². The van der Waals surface area contributed by atoms with Gasteiger partial charge in [0.25, 0.3) is 0 Å². The minimum atomic E-state index is -0.902. The van der Waals surface area contributed by atoms with Crippen LogP contribution in [0, 0.1) is 0 Å². The van der Waals surface area contributed by atoms with E-state index in [9.17, 15) is 9.90 Å². The molecule has 3 heterocycles. The number of hydrogen-bond acceptors (Lipinski definition) is 4. The molecule has 3 rings (SSSR count). The highest BCUT2D eigenvalue weighted by molar-refractivity contribution is 7.10. The Morgan fingerprint density at radius 2 is 2.10 bits per heavy atom. The third kappa shape index (κ3) is 3.14. The number of piperidine rings is 1. The summed E-state index contributed by atoms with van der Waals surface area (Å²) in [5, 5.41) is 12.7. The predicted molar refractivity (Wildman–Crippen MR) is 82.0 cm³/mol. The van der Waals surface area contributed by atoms with Crippen LogP contribution >= 0.6 is 11.3 Å². The van der Waals surface area contributed by atoms with Gasteiger partial charge in [-0.1, -0.05) is 12.1 Å². The van der Waals surface area contributed by atoms with Crippen LogP contribution in [0.5, 0.6) is 0 Å². The molecule has 4 nitrogen and oxygen atoms in total. The summed E-state index contributed by atoms with van der Waals surface area (Å²) in [4.78, 5) is 19.4. The lowest BCUT2D eigenvalue weighted by molar-refractivity contribution is -0.135. The zero-order chi connectivity index (χ0) is 14.7. The number of aromatic nitrogens is 1. The minimum Gasteiger partial charge on any atom is -0.383 e. The molecule has 0 spiro atoms. The molecular weight excluding hydrogens is 284 g/mol. The van der Waals surface area contributed by atoms with Gasteiger partial charge in [-0.3, -0.25) is 9.78 Å². The molecule has 5 heteroatoms. The van der Waals surface area contributed by atoms with Crippen LogP contribution in [0.2, 0.25) is 0 Å². The molecule has 1 aliphatic heterocycles. The van der Waals surface area contributed by atoms with Crippen LogP contribution in [-0.4, -0.2) is 34.0 Å². The monoisotopic (exact) mass is 302 g/mol. The molecule has 1 fully saturated rings. The minimum absolute atomic E-state index is 0.139. The second kappa shape index (κ2) is 5.95. The average molecular weight is 302 g/mol. The van der Waals surface area contributed by atoms with Crippen LogP contribution in [0.3, 0.4) is 0 Å². The van der Waals surface area contributed by atoms with E-state index in [4.69, 9.17) is 0 Å². The van der Waals surface area contributed by atoms with Crippen LogP contribution in [0.4, 0.5) is 0 Å². The number of thiophene rings is 1. The fourth-order valence-corrected chi connectivity index (χ4v) is 3.39. The third-order valence-corrected chi connectivity index (χ3v) is 4.87. The zero-order valence-corrected chi connectivity index (χ0v) is 12.6. The van der Waals surface area contributed by atoms with E-state index < -0.39 is 5.60 Å². The van der Waals surface area contributed by atoms with Crippen molar-refractivity contribution in [1.82, 2.24) is 9.88 Å². The number of likely N-dealkylation sites (tertiary alicyclic amines) is 1. The van der Waals surface area contributed by atoms with Gasteiger partial charge in [0.2, 0.25) is 5.91 Å². The first-order chi connectivity index (χ1) is 10.2. The van der Waals surface area contributed by atoms with Crippen molar-refractivity contribution in [3.63, 3.8) is 0 Å². The van der Waals surface area contributed by atoms with Gasteiger partial charge in [-0.05, 0) is 36.4 Å². The van der Waals surface area contributed by atoms with E-state index in [1.807, 2.05) is 40.6 Å². The first-order valence-corrected chi connectivity index (χ1v) is 7.99. The Morgan fingerprint density at radius 3 is 2.71 bits per heavy atom. The van der Waals surface area contributed by atoms with E-state index in [2.05, 4.69) is 4.98 Å². The summed E-state index contributed by atoms with van der Waals surface area (Å²) in [6, 6.07) is 9.52. The maximum absolute atomic E-state index is 12.2. The van der Waals surface area contributed by atoms with Crippen LogP contribution in [0.15, 0.2) is 41.9 Å². The van der Waals surface area contributed by atoms with E-state index >= 15 is 0 Å². The van der Waals surface area contributed by atoms with Crippen LogP contribution in [-0.2, 0) is 16.8 Å². The van der Waals surface area contributed by atoms with Gasteiger partial charge in [-0.15, -0.1) is 11.3 Å². The number of hydrogen-bond donors (Lipinski definition) is 1. The number of nitrogens with zero attached hydrogens (tertiary/aromatic N) is 2. The molecule has 0 atom stereocenters. The molecule has 1 aliphatic rings. The smallest absolute Gasteiger partial charge is 0.227 e. The maximum Gasteiger partial charge on any atom is 0.227 e. The number of carbonyl (C=O) groups is 1. The topological polar surface area (TPSA) is 53.4 Å². The van der Waals surface area contributed by atoms with Crippen molar-refractivity contribution >= 4 is 17.2 Å². The highest BCUT2D eigenvalue weighted by Crippen LogP contribution is 2.31. The van der Waals surface area contributed by atoms with Crippen molar-refractivity contribution in [3.8, 4) is 0 Å². The normalized spacial score (nSPS) is 17.7. The van der Waals surface area contributed by atoms with Crippen LogP contribution < -0.4 is 0 Å². The fraction of sp³-hybridized carbons (Fsp3) is 0.375. The van der Waals surface area contributed by atoms with Crippen molar-refractivity contribution in [3.05, 3.63) is 52.5 Å². The summed E-state index contributed by atoms with van der Waals surface area (Å²) < 4.78 is 0. The molecule has 21 heavy (non-hydrogen) atoms. The summed E-state index contributed by atoms with van der Waals surface area (Å²) in [6.45, 7) is 1.16. The van der Waals surface area contributed by atoms with E-state index in [0.29, 0.717) is 38.0 Å². The van der Waals surface area contributed by atoms with Crippen molar-refractivity contribution in [2.24, 2.45) is 0 Å². The van der Waals surface area contributed by atoms with Crippen molar-refractivity contribution in [2.45, 2.75) is 24.9 Å². The Labute approximate surface area is 128 Å². The summed E-state index contributed by atoms with van der Waals surface area (Å²) in [5.74, 6) is 0.139. The Kier molecular flexibility index (Phi) is 4.03. The quantitative estimate of drug-likeness (QED) is 0.945. The Bertz CT molecular complexity index is 590. The number of aliphatic hydroxyl groups is 1. The molecule has 0 radical (unpaired) electrons. The maximum atomic E-state index is 12.2. The molecule has 0 saturated carbocycles. The van der Waals surface area contributed by atoms with Gasteiger partial charge in [0.15, 0.2) is 0 Å². The lowest BCUT2D eigenvalue weighted by Gasteiger charge is -2.37. The van der Waals surface area contributed by atoms with Gasteiger partial charge in [0, 0.05) is 24.2 Å². The molecule has 2 aromatic rings. The predicted octanol–water partition coefficient (Wildman–Crippen LogP) is 2.20. The Balaban J connectivity index is 1.61. The highest BCUT2D eigenvalue weighted by atomic mass is 32.1. The molecule has 0 aliphatic carbocycles. The second-order valence-corrected chi connectivity index (χ2v) is 6.42. The van der Waals surface area contributed by atoms with Crippen LogP contribution in [0.25, 0.3) is 0 Å². The van der Waals surface area contributed by atoms with Crippen molar-refractivity contribution in [1.29, 1.82) is 0 Å². The van der Waals surface area contributed by atoms with Crippen LogP contribution in [0.1, 0.15) is 23.4 Å². The molecule has 2 aromatic heterocycles. The molecule has 110 valence electrons. The van der Waals surface area contributed by atoms with Crippen molar-refractivity contribution < 1.29 is 9.90 Å². The molecule has 0 bridgehead atoms. The zero-order valence-electron chi connectivity index (χ0n) is 11.7. The van der Waals surface area contributed by atoms with E-state index in [0.717, 1.165) is 4.88 Å². The van der Waals surface area contributed by atoms with Gasteiger partial charge in [0.05, 0.1) is 12.1 Å². The molecule has 0 unspecified atom stereocenters. The van der Waals surface area contributed by atoms with E-state index in [-0.39, 0.29) is 5.91 Å². The summed E-state index contributed by atoms with van der Waals surface area (Å²) in [5.41, 5.74) is -0.198. The molecule has 1 amide bonds. The number of carbonyl (C=O) groups excluding carboxylic acids is 1. The number of rotatable bonds is 3. The standard InChI is InChI=1S/C16H18N2O2S/c19-15(12-13-4-3-11-21-13)18-9-6-16(20,7-10-18)14-5-1-2-8-17-14/h1-5,8,11,20H,6-7,9-10,12H2. The summed E-state index contributed by atoms with van der Waals surface area (Å²) in [6.07, 6.45) is 3.24. The van der Waals surface area contributed by atoms with Gasteiger partial charge in [-0.25, -0.2) is 0 Å². The Hall–Kier alpha value is -1.72. The van der Waals surface area contributed by atoms with Gasteiger partial charge in [0.1, 0.15) is 5.60 Å². The second-order valence-electron chi connectivity index (χ2n) is 5.38. The first kappa shape index (κ1) is 14.2. The Morgan fingerprint density at radius 1 is 1.29 bits per heavy atom. The first-order valence-electron chi connectivity index (χ1n) is 7.11. The molecular formula is C16H18N2O2S. The summed E-state index contributed by atoms with van der Waals surface area (Å²) in [7, 11) is 0. The SMILES string of the molecule is O=C(Cc1cccs1)N1CCC(O)(c2ccccn2)CC1. The van der Waals surface area contributed by atoms with E-state index in [1.54, 1.807) is 17.5 Å². The fourth-order valence-electron chi connectivity index (χ4n) is 2.69. The number of pyridine rings is 1. The summed E-state index contributed by atoms with van der Waals surface area (Å²) >= 11 is 1.61. The lowest BCUT2D eigenvalue weighted by Crippen LogP contribution is -2.45. The largest absolute Gasteiger partial charge is 0.383 e. The average Bonchev–Trinajstić information content (AvgIpc) is 3.02. The highest BCUT2D eigenvalue weighted by Gasteiger charge is 2.36. The lowest BCUT2D eigenvalue weighted by atomic mass is 9.87. The molecule has 1 N–H and O–H groups in total. The van der Waals surface area contributed by atoms with Crippen molar-refractivity contribution in [2.75, 3.05) is 13.1 Å². The van der Waals surface area contributed by atoms with Gasteiger partial charge < -0.3 is 10.0 Å². The number of amides is 1. The van der Waals surface area contributed by atoms with Gasteiger partial charge >= 0.3 is 0 Å².